The minimum Gasteiger partial charge on any atom is -0.493 e. The fraction of sp³-hybridized carbons (Fsp3) is 0.278. The summed E-state index contributed by atoms with van der Waals surface area (Å²) in [5.41, 5.74) is 2.65. The number of hydrogen-bond donors (Lipinski definition) is 0. The lowest BCUT2D eigenvalue weighted by Gasteiger charge is -2.25. The molecule has 0 fully saturated rings. The Morgan fingerprint density at radius 1 is 1.38 bits per heavy atom. The van der Waals surface area contributed by atoms with Crippen molar-refractivity contribution in [2.45, 2.75) is 19.3 Å². The smallest absolute Gasteiger partial charge is 0.343 e. The van der Waals surface area contributed by atoms with E-state index in [2.05, 4.69) is 10.1 Å². The fourth-order valence-electron chi connectivity index (χ4n) is 3.07. The Kier molecular flexibility index (Phi) is 3.65. The number of aromatic nitrogens is 3. The number of hydrogen-bond acceptors (Lipinski definition) is 5. The number of carbonyl (C=O) groups excluding carboxylic acids is 1. The van der Waals surface area contributed by atoms with E-state index in [1.54, 1.807) is 29.9 Å². The van der Waals surface area contributed by atoms with Crippen molar-refractivity contribution in [3.63, 3.8) is 0 Å². The van der Waals surface area contributed by atoms with Crippen LogP contribution in [0.3, 0.4) is 0 Å². The zero-order chi connectivity index (χ0) is 16.5. The number of rotatable bonds is 3. The van der Waals surface area contributed by atoms with Crippen LogP contribution in [-0.2, 0) is 4.74 Å². The summed E-state index contributed by atoms with van der Waals surface area (Å²) >= 11 is 0. The molecule has 0 saturated carbocycles. The average molecular weight is 323 g/mol. The van der Waals surface area contributed by atoms with Gasteiger partial charge in [-0.25, -0.2) is 14.3 Å². The molecular formula is C18H17N3O3. The molecule has 1 aliphatic heterocycles. The lowest BCUT2D eigenvalue weighted by Crippen LogP contribution is -2.20. The highest BCUT2D eigenvalue weighted by molar-refractivity contribution is 5.97. The summed E-state index contributed by atoms with van der Waals surface area (Å²) in [7, 11) is 0. The van der Waals surface area contributed by atoms with Gasteiger partial charge in [0.15, 0.2) is 5.65 Å². The van der Waals surface area contributed by atoms with Crippen LogP contribution < -0.4 is 4.74 Å². The van der Waals surface area contributed by atoms with Gasteiger partial charge >= 0.3 is 5.97 Å². The quantitative estimate of drug-likeness (QED) is 0.693. The van der Waals surface area contributed by atoms with Gasteiger partial charge in [-0.2, -0.15) is 5.10 Å². The number of para-hydroxylation sites is 1. The molecule has 0 N–H and O–H groups in total. The molecule has 122 valence electrons. The number of benzene rings is 1. The zero-order valence-corrected chi connectivity index (χ0v) is 13.3. The highest BCUT2D eigenvalue weighted by atomic mass is 16.5. The van der Waals surface area contributed by atoms with Gasteiger partial charge in [0, 0.05) is 23.9 Å². The van der Waals surface area contributed by atoms with Gasteiger partial charge in [0.05, 0.1) is 18.9 Å². The van der Waals surface area contributed by atoms with Crippen LogP contribution in [0.1, 0.15) is 34.0 Å². The van der Waals surface area contributed by atoms with Crippen molar-refractivity contribution in [2.24, 2.45) is 0 Å². The van der Waals surface area contributed by atoms with Gasteiger partial charge in [0.1, 0.15) is 11.3 Å². The fourth-order valence-corrected chi connectivity index (χ4v) is 3.07. The Morgan fingerprint density at radius 2 is 2.25 bits per heavy atom. The molecule has 3 aromatic rings. The van der Waals surface area contributed by atoms with Gasteiger partial charge < -0.3 is 9.47 Å². The number of fused-ring (bicyclic) bond motifs is 2. The second-order valence-corrected chi connectivity index (χ2v) is 5.82. The van der Waals surface area contributed by atoms with E-state index in [1.165, 1.54) is 0 Å². The minimum absolute atomic E-state index is 0.147. The Labute approximate surface area is 139 Å². The number of aryl methyl sites for hydroxylation is 1. The second kappa shape index (κ2) is 5.96. The van der Waals surface area contributed by atoms with Gasteiger partial charge in [-0.15, -0.1) is 0 Å². The normalized spacial score (nSPS) is 16.5. The third-order valence-electron chi connectivity index (χ3n) is 4.27. The highest BCUT2D eigenvalue weighted by Crippen LogP contribution is 2.33. The molecule has 0 bridgehead atoms. The first-order valence-electron chi connectivity index (χ1n) is 7.93. The summed E-state index contributed by atoms with van der Waals surface area (Å²) in [6.45, 7) is 2.74. The molecule has 2 aromatic heterocycles. The number of ether oxygens (including phenoxy) is 2. The summed E-state index contributed by atoms with van der Waals surface area (Å²) < 4.78 is 12.8. The van der Waals surface area contributed by atoms with E-state index >= 15 is 0 Å². The lowest BCUT2D eigenvalue weighted by atomic mass is 9.94. The van der Waals surface area contributed by atoms with Crippen molar-refractivity contribution in [3.05, 3.63) is 59.5 Å². The monoisotopic (exact) mass is 323 g/mol. The molecule has 1 aliphatic rings. The Bertz CT molecular complexity index is 903. The van der Waals surface area contributed by atoms with Crippen molar-refractivity contribution in [2.75, 3.05) is 13.2 Å². The Morgan fingerprint density at radius 3 is 3.17 bits per heavy atom. The van der Waals surface area contributed by atoms with Gasteiger partial charge in [0.2, 0.25) is 0 Å². The number of nitrogens with zero attached hydrogens (tertiary/aromatic N) is 3. The van der Waals surface area contributed by atoms with E-state index in [-0.39, 0.29) is 11.9 Å². The minimum atomic E-state index is -0.384. The zero-order valence-electron chi connectivity index (χ0n) is 13.3. The van der Waals surface area contributed by atoms with Crippen LogP contribution in [0, 0.1) is 6.92 Å². The van der Waals surface area contributed by atoms with Gasteiger partial charge in [-0.3, -0.25) is 0 Å². The molecule has 6 heteroatoms. The van der Waals surface area contributed by atoms with Gasteiger partial charge in [0.25, 0.3) is 0 Å². The first-order valence-corrected chi connectivity index (χ1v) is 7.93. The van der Waals surface area contributed by atoms with Crippen LogP contribution in [0.5, 0.6) is 5.75 Å². The molecule has 0 amide bonds. The van der Waals surface area contributed by atoms with E-state index < -0.39 is 0 Å². The average Bonchev–Trinajstić information content (AvgIpc) is 2.95. The van der Waals surface area contributed by atoms with Crippen LogP contribution >= 0.6 is 0 Å². The first-order chi connectivity index (χ1) is 11.7. The largest absolute Gasteiger partial charge is 0.493 e. The van der Waals surface area contributed by atoms with Crippen LogP contribution in [-0.4, -0.2) is 33.8 Å². The molecule has 0 saturated heterocycles. The van der Waals surface area contributed by atoms with Crippen molar-refractivity contribution < 1.29 is 14.3 Å². The SMILES string of the molecule is Cc1nn2cccnc2c1C(=O)OCC1CCOc2ccccc21. The third kappa shape index (κ3) is 2.50. The molecule has 1 aromatic carbocycles. The topological polar surface area (TPSA) is 65.7 Å². The summed E-state index contributed by atoms with van der Waals surface area (Å²) in [6, 6.07) is 9.66. The van der Waals surface area contributed by atoms with E-state index in [0.29, 0.717) is 30.1 Å². The van der Waals surface area contributed by atoms with Crippen molar-refractivity contribution in [1.82, 2.24) is 14.6 Å². The molecule has 0 spiro atoms. The summed E-state index contributed by atoms with van der Waals surface area (Å²) in [6.07, 6.45) is 4.24. The highest BCUT2D eigenvalue weighted by Gasteiger charge is 2.25. The summed E-state index contributed by atoms with van der Waals surface area (Å²) in [5.74, 6) is 0.637. The van der Waals surface area contributed by atoms with Crippen molar-refractivity contribution in [3.8, 4) is 5.75 Å². The van der Waals surface area contributed by atoms with Crippen molar-refractivity contribution >= 4 is 11.6 Å². The Balaban J connectivity index is 1.54. The molecule has 0 radical (unpaired) electrons. The van der Waals surface area contributed by atoms with Crippen LogP contribution in [0.25, 0.3) is 5.65 Å². The van der Waals surface area contributed by atoms with E-state index in [1.807, 2.05) is 24.3 Å². The molecule has 3 heterocycles. The molecule has 0 aliphatic carbocycles. The van der Waals surface area contributed by atoms with E-state index in [9.17, 15) is 4.79 Å². The van der Waals surface area contributed by atoms with Crippen LogP contribution in [0.15, 0.2) is 42.7 Å². The van der Waals surface area contributed by atoms with Gasteiger partial charge in [-0.05, 0) is 25.5 Å². The molecular weight excluding hydrogens is 306 g/mol. The predicted octanol–water partition coefficient (Wildman–Crippen LogP) is 2.76. The maximum Gasteiger partial charge on any atom is 0.343 e. The van der Waals surface area contributed by atoms with E-state index in [0.717, 1.165) is 17.7 Å². The number of esters is 1. The standard InChI is InChI=1S/C18H17N3O3/c1-12-16(17-19-8-4-9-21(17)20-12)18(22)24-11-13-7-10-23-15-6-3-2-5-14(13)15/h2-6,8-9,13H,7,10-11H2,1H3. The molecule has 1 atom stereocenters. The second-order valence-electron chi connectivity index (χ2n) is 5.82. The van der Waals surface area contributed by atoms with Gasteiger partial charge in [-0.1, -0.05) is 18.2 Å². The summed E-state index contributed by atoms with van der Waals surface area (Å²) in [5, 5.41) is 4.30. The lowest BCUT2D eigenvalue weighted by molar-refractivity contribution is 0.0460. The summed E-state index contributed by atoms with van der Waals surface area (Å²) in [4.78, 5) is 16.8. The Hall–Kier alpha value is -2.89. The molecule has 1 unspecified atom stereocenters. The first kappa shape index (κ1) is 14.7. The number of carbonyl (C=O) groups is 1. The van der Waals surface area contributed by atoms with E-state index in [4.69, 9.17) is 9.47 Å². The van der Waals surface area contributed by atoms with Crippen molar-refractivity contribution in [1.29, 1.82) is 0 Å². The van der Waals surface area contributed by atoms with Crippen LogP contribution in [0.2, 0.25) is 0 Å². The maximum atomic E-state index is 12.5. The molecule has 4 rings (SSSR count). The predicted molar refractivity (Wildman–Crippen MR) is 87.3 cm³/mol. The van der Waals surface area contributed by atoms with Crippen LogP contribution in [0.4, 0.5) is 0 Å². The third-order valence-corrected chi connectivity index (χ3v) is 4.27. The molecule has 6 nitrogen and oxygen atoms in total. The maximum absolute atomic E-state index is 12.5. The molecule has 24 heavy (non-hydrogen) atoms.